The van der Waals surface area contributed by atoms with Gasteiger partial charge in [-0.05, 0) is 47.8 Å². The Balaban J connectivity index is 2.16. The topological polar surface area (TPSA) is 38.5 Å². The summed E-state index contributed by atoms with van der Waals surface area (Å²) in [5.74, 6) is 0. The molecule has 1 saturated heterocycles. The van der Waals surface area contributed by atoms with E-state index in [0.29, 0.717) is 0 Å². The predicted octanol–water partition coefficient (Wildman–Crippen LogP) is 2.93. The minimum absolute atomic E-state index is 0.0728. The highest BCUT2D eigenvalue weighted by Crippen LogP contribution is 2.33. The summed E-state index contributed by atoms with van der Waals surface area (Å²) in [5.41, 5.74) is 6.08. The van der Waals surface area contributed by atoms with Crippen LogP contribution in [0.5, 0.6) is 0 Å². The lowest BCUT2D eigenvalue weighted by molar-refractivity contribution is -0.210. The Labute approximate surface area is 109 Å². The van der Waals surface area contributed by atoms with Crippen LogP contribution in [0.2, 0.25) is 0 Å². The molecule has 1 aromatic rings. The van der Waals surface area contributed by atoms with Gasteiger partial charge < -0.3 is 5.73 Å². The summed E-state index contributed by atoms with van der Waals surface area (Å²) >= 11 is 5.22. The van der Waals surface area contributed by atoms with Crippen LogP contribution in [0.1, 0.15) is 30.7 Å². The average Bonchev–Trinajstić information content (AvgIpc) is 2.66. The predicted molar refractivity (Wildman–Crippen MR) is 70.3 cm³/mol. The largest absolute Gasteiger partial charge is 0.326 e. The summed E-state index contributed by atoms with van der Waals surface area (Å²) in [6.07, 6.45) is 2.34. The molecule has 0 bridgehead atoms. The van der Waals surface area contributed by atoms with Gasteiger partial charge in [-0.3, -0.25) is 4.84 Å². The Morgan fingerprint density at radius 2 is 2.31 bits per heavy atom. The van der Waals surface area contributed by atoms with Crippen molar-refractivity contribution in [2.24, 2.45) is 5.73 Å². The van der Waals surface area contributed by atoms with Crippen molar-refractivity contribution >= 4 is 27.3 Å². The van der Waals surface area contributed by atoms with Gasteiger partial charge in [0.1, 0.15) is 0 Å². The van der Waals surface area contributed by atoms with Gasteiger partial charge in [0.25, 0.3) is 0 Å². The summed E-state index contributed by atoms with van der Waals surface area (Å²) in [4.78, 5) is 6.98. The third-order valence-corrected chi connectivity index (χ3v) is 4.42. The molecule has 0 spiro atoms. The fourth-order valence-corrected chi connectivity index (χ4v) is 3.63. The fraction of sp³-hybridized carbons (Fsp3) is 0.636. The molecule has 1 aliphatic rings. The molecular weight excluding hydrogens is 288 g/mol. The van der Waals surface area contributed by atoms with Crippen LogP contribution in [0.3, 0.4) is 0 Å². The minimum Gasteiger partial charge on any atom is -0.326 e. The fourth-order valence-electron chi connectivity index (χ4n) is 1.99. The van der Waals surface area contributed by atoms with Crippen LogP contribution in [0, 0.1) is 0 Å². The first kappa shape index (κ1) is 12.5. The lowest BCUT2D eigenvalue weighted by Crippen LogP contribution is -2.41. The Hall–Kier alpha value is 0.0600. The van der Waals surface area contributed by atoms with Crippen LogP contribution < -0.4 is 5.73 Å². The lowest BCUT2D eigenvalue weighted by Gasteiger charge is -2.35. The monoisotopic (exact) mass is 304 g/mol. The number of thiophene rings is 1. The molecule has 0 amide bonds. The number of halogens is 1. The first-order chi connectivity index (χ1) is 7.68. The van der Waals surface area contributed by atoms with Crippen LogP contribution in [0.25, 0.3) is 0 Å². The maximum atomic E-state index is 6.08. The number of hydrogen-bond acceptors (Lipinski definition) is 4. The van der Waals surface area contributed by atoms with Gasteiger partial charge in [0.05, 0.1) is 16.4 Å². The van der Waals surface area contributed by atoms with Crippen molar-refractivity contribution in [3.8, 4) is 0 Å². The number of rotatable bonds is 3. The lowest BCUT2D eigenvalue weighted by atomic mass is 10.1. The quantitative estimate of drug-likeness (QED) is 0.933. The zero-order valence-electron chi connectivity index (χ0n) is 9.36. The van der Waals surface area contributed by atoms with Crippen LogP contribution in [0.4, 0.5) is 0 Å². The third-order valence-electron chi connectivity index (χ3n) is 2.72. The van der Waals surface area contributed by atoms with Gasteiger partial charge in [0.2, 0.25) is 0 Å². The van der Waals surface area contributed by atoms with Gasteiger partial charge >= 0.3 is 0 Å². The second kappa shape index (κ2) is 5.60. The molecule has 3 nitrogen and oxygen atoms in total. The number of nitrogens with two attached hydrogens (primary N) is 1. The molecule has 2 unspecified atom stereocenters. The van der Waals surface area contributed by atoms with Gasteiger partial charge in [-0.2, -0.15) is 5.06 Å². The van der Waals surface area contributed by atoms with Crippen molar-refractivity contribution in [1.29, 1.82) is 0 Å². The summed E-state index contributed by atoms with van der Waals surface area (Å²) in [5, 5.41) is 2.05. The molecule has 2 N–H and O–H groups in total. The first-order valence-corrected chi connectivity index (χ1v) is 7.20. The highest BCUT2D eigenvalue weighted by Gasteiger charge is 2.27. The molecule has 2 rings (SSSR count). The normalized spacial score (nSPS) is 21.9. The van der Waals surface area contributed by atoms with Crippen molar-refractivity contribution in [3.05, 3.63) is 20.8 Å². The molecule has 0 saturated carbocycles. The van der Waals surface area contributed by atoms with Gasteiger partial charge in [-0.25, -0.2) is 0 Å². The Kier molecular flexibility index (Phi) is 4.38. The SMILES string of the molecule is CC(N)C(c1ccc(Br)s1)N1CCCCO1. The van der Waals surface area contributed by atoms with Crippen LogP contribution >= 0.6 is 27.3 Å². The molecule has 1 fully saturated rings. The number of hydrogen-bond donors (Lipinski definition) is 1. The van der Waals surface area contributed by atoms with E-state index in [1.807, 2.05) is 12.0 Å². The molecule has 2 heterocycles. The van der Waals surface area contributed by atoms with E-state index in [1.54, 1.807) is 11.3 Å². The van der Waals surface area contributed by atoms with Crippen molar-refractivity contribution in [2.75, 3.05) is 13.2 Å². The van der Waals surface area contributed by atoms with Crippen molar-refractivity contribution < 1.29 is 4.84 Å². The first-order valence-electron chi connectivity index (χ1n) is 5.59. The van der Waals surface area contributed by atoms with E-state index in [9.17, 15) is 0 Å². The molecule has 5 heteroatoms. The molecule has 16 heavy (non-hydrogen) atoms. The van der Waals surface area contributed by atoms with Gasteiger partial charge in [-0.15, -0.1) is 11.3 Å². The van der Waals surface area contributed by atoms with Crippen LogP contribution in [-0.2, 0) is 4.84 Å². The molecule has 2 atom stereocenters. The highest BCUT2D eigenvalue weighted by atomic mass is 79.9. The second-order valence-electron chi connectivity index (χ2n) is 4.13. The maximum absolute atomic E-state index is 6.08. The van der Waals surface area contributed by atoms with E-state index in [4.69, 9.17) is 10.6 Å². The van der Waals surface area contributed by atoms with Gasteiger partial charge in [-0.1, -0.05) is 0 Å². The van der Waals surface area contributed by atoms with Crippen LogP contribution in [-0.4, -0.2) is 24.3 Å². The molecular formula is C11H17BrN2OS. The van der Waals surface area contributed by atoms with Crippen molar-refractivity contribution in [3.63, 3.8) is 0 Å². The summed E-state index contributed by atoms with van der Waals surface area (Å²) in [6, 6.07) is 4.44. The number of nitrogens with zero attached hydrogens (tertiary/aromatic N) is 1. The summed E-state index contributed by atoms with van der Waals surface area (Å²) in [6.45, 7) is 3.83. The van der Waals surface area contributed by atoms with Crippen LogP contribution in [0.15, 0.2) is 15.9 Å². The molecule has 0 radical (unpaired) electrons. The minimum atomic E-state index is 0.0728. The van der Waals surface area contributed by atoms with E-state index < -0.39 is 0 Å². The molecule has 90 valence electrons. The van der Waals surface area contributed by atoms with E-state index in [2.05, 4.69) is 28.1 Å². The standard InChI is InChI=1S/C11H17BrN2OS/c1-8(13)11(9-4-5-10(12)16-9)14-6-2-3-7-15-14/h4-5,8,11H,2-3,6-7,13H2,1H3. The van der Waals surface area contributed by atoms with E-state index in [0.717, 1.165) is 23.4 Å². The van der Waals surface area contributed by atoms with E-state index in [1.165, 1.54) is 11.3 Å². The Bertz CT molecular complexity index is 336. The Morgan fingerprint density at radius 1 is 1.50 bits per heavy atom. The molecule has 0 aliphatic carbocycles. The maximum Gasteiger partial charge on any atom is 0.0843 e. The van der Waals surface area contributed by atoms with Crippen molar-refractivity contribution in [2.45, 2.75) is 31.8 Å². The van der Waals surface area contributed by atoms with E-state index >= 15 is 0 Å². The van der Waals surface area contributed by atoms with E-state index in [-0.39, 0.29) is 12.1 Å². The second-order valence-corrected chi connectivity index (χ2v) is 6.62. The van der Waals surface area contributed by atoms with Gasteiger partial charge in [0.15, 0.2) is 0 Å². The summed E-state index contributed by atoms with van der Waals surface area (Å²) in [7, 11) is 0. The molecule has 1 aliphatic heterocycles. The van der Waals surface area contributed by atoms with Crippen molar-refractivity contribution in [1.82, 2.24) is 5.06 Å². The highest BCUT2D eigenvalue weighted by molar-refractivity contribution is 9.11. The van der Waals surface area contributed by atoms with Gasteiger partial charge in [0, 0.05) is 17.5 Å². The molecule has 1 aromatic heterocycles. The zero-order valence-corrected chi connectivity index (χ0v) is 11.8. The number of hydroxylamine groups is 2. The third kappa shape index (κ3) is 2.84. The Morgan fingerprint density at radius 3 is 2.81 bits per heavy atom. The smallest absolute Gasteiger partial charge is 0.0843 e. The average molecular weight is 305 g/mol. The molecule has 0 aromatic carbocycles. The summed E-state index contributed by atoms with van der Waals surface area (Å²) < 4.78 is 1.14. The zero-order chi connectivity index (χ0) is 11.5.